The molecule has 0 amide bonds. The Morgan fingerprint density at radius 1 is 1.20 bits per heavy atom. The predicted molar refractivity (Wildman–Crippen MR) is 87.1 cm³/mol. The first-order valence-corrected chi connectivity index (χ1v) is 7.76. The van der Waals surface area contributed by atoms with E-state index in [0.717, 1.165) is 6.54 Å². The smallest absolute Gasteiger partial charge is 0.0361 e. The minimum Gasteiger partial charge on any atom is -0.378 e. The quantitative estimate of drug-likeness (QED) is 0.917. The standard InChI is InChI=1S/C17H29N3/c1-13(18)16-6-5-11-20(12-16)14(2)15-7-9-17(10-8-15)19(3)4/h7-10,13-14,16H,5-6,11-12,18H2,1-4H3. The molecule has 0 bridgehead atoms. The molecule has 0 aliphatic carbocycles. The molecule has 1 aromatic rings. The highest BCUT2D eigenvalue weighted by atomic mass is 15.2. The van der Waals surface area contributed by atoms with Gasteiger partial charge in [0.2, 0.25) is 0 Å². The summed E-state index contributed by atoms with van der Waals surface area (Å²) in [4.78, 5) is 4.73. The van der Waals surface area contributed by atoms with Gasteiger partial charge in [0.1, 0.15) is 0 Å². The fourth-order valence-corrected chi connectivity index (χ4v) is 3.08. The van der Waals surface area contributed by atoms with Crippen LogP contribution in [0.1, 0.15) is 38.3 Å². The van der Waals surface area contributed by atoms with Crippen LogP contribution in [0.4, 0.5) is 5.69 Å². The van der Waals surface area contributed by atoms with Crippen molar-refractivity contribution in [1.82, 2.24) is 4.90 Å². The van der Waals surface area contributed by atoms with Gasteiger partial charge in [-0.05, 0) is 56.8 Å². The molecule has 0 radical (unpaired) electrons. The first kappa shape index (κ1) is 15.3. The first-order chi connectivity index (χ1) is 9.49. The molecule has 20 heavy (non-hydrogen) atoms. The first-order valence-electron chi connectivity index (χ1n) is 7.76. The van der Waals surface area contributed by atoms with E-state index in [1.165, 1.54) is 30.6 Å². The van der Waals surface area contributed by atoms with E-state index in [-0.39, 0.29) is 0 Å². The van der Waals surface area contributed by atoms with E-state index in [9.17, 15) is 0 Å². The van der Waals surface area contributed by atoms with Crippen LogP contribution >= 0.6 is 0 Å². The normalized spacial score (nSPS) is 23.4. The van der Waals surface area contributed by atoms with Crippen molar-refractivity contribution in [3.05, 3.63) is 29.8 Å². The fourth-order valence-electron chi connectivity index (χ4n) is 3.08. The number of likely N-dealkylation sites (tertiary alicyclic amines) is 1. The molecule has 1 saturated heterocycles. The number of nitrogens with zero attached hydrogens (tertiary/aromatic N) is 2. The maximum atomic E-state index is 6.09. The zero-order chi connectivity index (χ0) is 14.7. The average molecular weight is 275 g/mol. The zero-order valence-electron chi connectivity index (χ0n) is 13.3. The molecule has 112 valence electrons. The Balaban J connectivity index is 2.04. The zero-order valence-corrected chi connectivity index (χ0v) is 13.3. The van der Waals surface area contributed by atoms with Crippen LogP contribution in [-0.2, 0) is 0 Å². The molecule has 1 aliphatic rings. The second kappa shape index (κ2) is 6.59. The van der Waals surface area contributed by atoms with E-state index in [0.29, 0.717) is 18.0 Å². The van der Waals surface area contributed by atoms with E-state index in [1.807, 2.05) is 0 Å². The van der Waals surface area contributed by atoms with Gasteiger partial charge in [0.05, 0.1) is 0 Å². The summed E-state index contributed by atoms with van der Waals surface area (Å²) in [7, 11) is 4.16. The fraction of sp³-hybridized carbons (Fsp3) is 0.647. The van der Waals surface area contributed by atoms with Gasteiger partial charge in [-0.25, -0.2) is 0 Å². The van der Waals surface area contributed by atoms with Crippen LogP contribution in [0.15, 0.2) is 24.3 Å². The number of nitrogens with two attached hydrogens (primary N) is 1. The van der Waals surface area contributed by atoms with Gasteiger partial charge in [-0.15, -0.1) is 0 Å². The van der Waals surface area contributed by atoms with Crippen molar-refractivity contribution in [3.63, 3.8) is 0 Å². The monoisotopic (exact) mass is 275 g/mol. The summed E-state index contributed by atoms with van der Waals surface area (Å²) in [6.07, 6.45) is 2.55. The van der Waals surface area contributed by atoms with Crippen molar-refractivity contribution in [2.75, 3.05) is 32.1 Å². The van der Waals surface area contributed by atoms with Gasteiger partial charge in [-0.2, -0.15) is 0 Å². The summed E-state index contributed by atoms with van der Waals surface area (Å²) in [5.74, 6) is 0.646. The highest BCUT2D eigenvalue weighted by Gasteiger charge is 2.26. The molecular weight excluding hydrogens is 246 g/mol. The third-order valence-electron chi connectivity index (χ3n) is 4.67. The van der Waals surface area contributed by atoms with E-state index in [4.69, 9.17) is 5.73 Å². The van der Waals surface area contributed by atoms with Gasteiger partial charge in [0, 0.05) is 38.4 Å². The van der Waals surface area contributed by atoms with Crippen molar-refractivity contribution in [3.8, 4) is 0 Å². The molecule has 1 fully saturated rings. The largest absolute Gasteiger partial charge is 0.378 e. The molecule has 3 unspecified atom stereocenters. The lowest BCUT2D eigenvalue weighted by Crippen LogP contribution is -2.43. The summed E-state index contributed by atoms with van der Waals surface area (Å²) < 4.78 is 0. The van der Waals surface area contributed by atoms with Crippen molar-refractivity contribution in [1.29, 1.82) is 0 Å². The van der Waals surface area contributed by atoms with Crippen LogP contribution in [0, 0.1) is 5.92 Å². The van der Waals surface area contributed by atoms with Crippen molar-refractivity contribution >= 4 is 5.69 Å². The summed E-state index contributed by atoms with van der Waals surface area (Å²) in [6, 6.07) is 9.72. The number of anilines is 1. The molecule has 3 heteroatoms. The van der Waals surface area contributed by atoms with Gasteiger partial charge in [0.25, 0.3) is 0 Å². The molecule has 0 aromatic heterocycles. The molecule has 0 saturated carbocycles. The van der Waals surface area contributed by atoms with Crippen LogP contribution in [0.25, 0.3) is 0 Å². The SMILES string of the molecule is CC(N)C1CCCN(C(C)c2ccc(N(C)C)cc2)C1. The average Bonchev–Trinajstić information content (AvgIpc) is 2.46. The van der Waals surface area contributed by atoms with E-state index < -0.39 is 0 Å². The molecule has 2 N–H and O–H groups in total. The Bertz CT molecular complexity index is 411. The Labute approximate surface area is 123 Å². The molecule has 1 heterocycles. The summed E-state index contributed by atoms with van der Waals surface area (Å²) in [5, 5.41) is 0. The lowest BCUT2D eigenvalue weighted by atomic mass is 9.90. The second-order valence-electron chi connectivity index (χ2n) is 6.42. The van der Waals surface area contributed by atoms with E-state index in [1.54, 1.807) is 0 Å². The van der Waals surface area contributed by atoms with Crippen LogP contribution in [-0.4, -0.2) is 38.1 Å². The second-order valence-corrected chi connectivity index (χ2v) is 6.42. The molecule has 1 aliphatic heterocycles. The topological polar surface area (TPSA) is 32.5 Å². The Kier molecular flexibility index (Phi) is 5.06. The van der Waals surface area contributed by atoms with Crippen molar-refractivity contribution in [2.24, 2.45) is 11.7 Å². The maximum Gasteiger partial charge on any atom is 0.0361 e. The molecule has 3 nitrogen and oxygen atoms in total. The highest BCUT2D eigenvalue weighted by molar-refractivity contribution is 5.46. The number of benzene rings is 1. The minimum absolute atomic E-state index is 0.307. The molecule has 0 spiro atoms. The van der Waals surface area contributed by atoms with Gasteiger partial charge in [-0.3, -0.25) is 4.90 Å². The van der Waals surface area contributed by atoms with Crippen molar-refractivity contribution in [2.45, 2.75) is 38.8 Å². The van der Waals surface area contributed by atoms with Gasteiger partial charge in [-0.1, -0.05) is 12.1 Å². The summed E-state index contributed by atoms with van der Waals surface area (Å²) in [6.45, 7) is 6.78. The lowest BCUT2D eigenvalue weighted by molar-refractivity contribution is 0.121. The molecular formula is C17H29N3. The molecule has 3 atom stereocenters. The number of rotatable bonds is 4. The number of hydrogen-bond acceptors (Lipinski definition) is 3. The predicted octanol–water partition coefficient (Wildman–Crippen LogP) is 2.87. The van der Waals surface area contributed by atoms with Gasteiger partial charge >= 0.3 is 0 Å². The maximum absolute atomic E-state index is 6.09. The van der Waals surface area contributed by atoms with Crippen LogP contribution in [0.3, 0.4) is 0 Å². The molecule has 2 rings (SSSR count). The minimum atomic E-state index is 0.307. The summed E-state index contributed by atoms with van der Waals surface area (Å²) in [5.41, 5.74) is 8.75. The Morgan fingerprint density at radius 2 is 1.85 bits per heavy atom. The number of piperidine rings is 1. The van der Waals surface area contributed by atoms with Crippen LogP contribution in [0.2, 0.25) is 0 Å². The van der Waals surface area contributed by atoms with E-state index in [2.05, 4.69) is 62.0 Å². The summed E-state index contributed by atoms with van der Waals surface area (Å²) >= 11 is 0. The van der Waals surface area contributed by atoms with Crippen LogP contribution in [0.5, 0.6) is 0 Å². The van der Waals surface area contributed by atoms with Crippen LogP contribution < -0.4 is 10.6 Å². The van der Waals surface area contributed by atoms with Gasteiger partial charge in [0.15, 0.2) is 0 Å². The lowest BCUT2D eigenvalue weighted by Gasteiger charge is -2.38. The third-order valence-corrected chi connectivity index (χ3v) is 4.67. The molecule has 1 aromatic carbocycles. The Hall–Kier alpha value is -1.06. The van der Waals surface area contributed by atoms with Crippen molar-refractivity contribution < 1.29 is 0 Å². The third kappa shape index (κ3) is 3.53. The van der Waals surface area contributed by atoms with Gasteiger partial charge < -0.3 is 10.6 Å². The van der Waals surface area contributed by atoms with E-state index >= 15 is 0 Å². The number of hydrogen-bond donors (Lipinski definition) is 1. The Morgan fingerprint density at radius 3 is 2.40 bits per heavy atom. The highest BCUT2D eigenvalue weighted by Crippen LogP contribution is 2.28.